The van der Waals surface area contributed by atoms with Gasteiger partial charge in [-0.25, -0.2) is 0 Å². The Balaban J connectivity index is 2.30. The molecule has 0 N–H and O–H groups in total. The molecular weight excluding hydrogens is 244 g/mol. The quantitative estimate of drug-likeness (QED) is 0.828. The van der Waals surface area contributed by atoms with E-state index in [0.717, 1.165) is 28.8 Å². The van der Waals surface area contributed by atoms with Crippen LogP contribution in [-0.2, 0) is 0 Å². The standard InChI is InChI=1S/C14H12N2OS/c1-9-8-16(10-4-5-10)14(17)11(7-15)13(9)12-3-2-6-18-12/h2-3,6,8,10H,4-5H2,1H3. The minimum atomic E-state index is -0.144. The second-order valence-corrected chi connectivity index (χ2v) is 5.54. The van der Waals surface area contributed by atoms with E-state index in [0.29, 0.717) is 6.04 Å². The maximum Gasteiger partial charge on any atom is 0.269 e. The lowest BCUT2D eigenvalue weighted by Crippen LogP contribution is -2.22. The van der Waals surface area contributed by atoms with Crippen LogP contribution < -0.4 is 5.56 Å². The number of hydrogen-bond acceptors (Lipinski definition) is 3. The molecule has 0 bridgehead atoms. The Morgan fingerprint density at radius 3 is 2.83 bits per heavy atom. The maximum absolute atomic E-state index is 12.3. The number of thiophene rings is 1. The van der Waals surface area contributed by atoms with Crippen molar-refractivity contribution in [2.75, 3.05) is 0 Å². The predicted octanol–water partition coefficient (Wildman–Crippen LogP) is 3.09. The average Bonchev–Trinajstić information content (AvgIpc) is 3.07. The second-order valence-electron chi connectivity index (χ2n) is 4.59. The molecule has 0 saturated heterocycles. The smallest absolute Gasteiger partial charge is 0.269 e. The SMILES string of the molecule is Cc1cn(C2CC2)c(=O)c(C#N)c1-c1cccs1. The fourth-order valence-corrected chi connectivity index (χ4v) is 3.07. The molecule has 2 aromatic rings. The molecule has 0 amide bonds. The van der Waals surface area contributed by atoms with E-state index in [1.807, 2.05) is 30.6 Å². The molecule has 0 aromatic carbocycles. The number of pyridine rings is 1. The minimum Gasteiger partial charge on any atom is -0.311 e. The highest BCUT2D eigenvalue weighted by Gasteiger charge is 2.27. The summed E-state index contributed by atoms with van der Waals surface area (Å²) in [6, 6.07) is 6.29. The first-order valence-electron chi connectivity index (χ1n) is 5.92. The van der Waals surface area contributed by atoms with Gasteiger partial charge in [0.2, 0.25) is 0 Å². The lowest BCUT2D eigenvalue weighted by molar-refractivity contribution is 0.702. The van der Waals surface area contributed by atoms with Crippen LogP contribution in [0.15, 0.2) is 28.5 Å². The molecule has 1 aliphatic carbocycles. The van der Waals surface area contributed by atoms with E-state index in [9.17, 15) is 10.1 Å². The number of rotatable bonds is 2. The molecule has 90 valence electrons. The summed E-state index contributed by atoms with van der Waals surface area (Å²) in [6.45, 7) is 1.97. The molecule has 3 rings (SSSR count). The molecule has 2 heterocycles. The van der Waals surface area contributed by atoms with Gasteiger partial charge in [0, 0.05) is 22.7 Å². The van der Waals surface area contributed by atoms with E-state index in [4.69, 9.17) is 0 Å². The largest absolute Gasteiger partial charge is 0.311 e. The Kier molecular flexibility index (Phi) is 2.57. The fraction of sp³-hybridized carbons (Fsp3) is 0.286. The van der Waals surface area contributed by atoms with Gasteiger partial charge in [0.15, 0.2) is 0 Å². The summed E-state index contributed by atoms with van der Waals surface area (Å²) in [5, 5.41) is 11.3. The van der Waals surface area contributed by atoms with E-state index in [2.05, 4.69) is 6.07 Å². The number of nitriles is 1. The van der Waals surface area contributed by atoms with Crippen molar-refractivity contribution in [1.29, 1.82) is 5.26 Å². The number of nitrogens with zero attached hydrogens (tertiary/aromatic N) is 2. The maximum atomic E-state index is 12.3. The first-order chi connectivity index (χ1) is 8.72. The van der Waals surface area contributed by atoms with Crippen LogP contribution in [0.1, 0.15) is 30.0 Å². The van der Waals surface area contributed by atoms with Crippen LogP contribution in [0.4, 0.5) is 0 Å². The molecule has 0 atom stereocenters. The fourth-order valence-electron chi connectivity index (χ4n) is 2.23. The number of aromatic nitrogens is 1. The third-order valence-corrected chi connectivity index (χ3v) is 4.13. The number of hydrogen-bond donors (Lipinski definition) is 0. The topological polar surface area (TPSA) is 45.8 Å². The third-order valence-electron chi connectivity index (χ3n) is 3.25. The van der Waals surface area contributed by atoms with Crippen LogP contribution in [-0.4, -0.2) is 4.57 Å². The molecule has 4 heteroatoms. The normalized spacial score (nSPS) is 14.4. The van der Waals surface area contributed by atoms with Gasteiger partial charge < -0.3 is 4.57 Å². The monoisotopic (exact) mass is 256 g/mol. The van der Waals surface area contributed by atoms with Crippen molar-refractivity contribution in [2.45, 2.75) is 25.8 Å². The van der Waals surface area contributed by atoms with Gasteiger partial charge in [-0.2, -0.15) is 5.26 Å². The predicted molar refractivity (Wildman–Crippen MR) is 71.7 cm³/mol. The van der Waals surface area contributed by atoms with Gasteiger partial charge in [0.05, 0.1) is 0 Å². The Morgan fingerprint density at radius 2 is 2.28 bits per heavy atom. The molecule has 3 nitrogen and oxygen atoms in total. The molecule has 0 radical (unpaired) electrons. The summed E-state index contributed by atoms with van der Waals surface area (Å²) in [6.07, 6.45) is 3.99. The zero-order valence-electron chi connectivity index (χ0n) is 10.0. The molecule has 0 unspecified atom stereocenters. The summed E-state index contributed by atoms with van der Waals surface area (Å²) < 4.78 is 1.73. The molecule has 18 heavy (non-hydrogen) atoms. The van der Waals surface area contributed by atoms with Gasteiger partial charge in [0.25, 0.3) is 5.56 Å². The zero-order chi connectivity index (χ0) is 12.7. The molecule has 0 aliphatic heterocycles. The molecular formula is C14H12N2OS. The van der Waals surface area contributed by atoms with E-state index in [-0.39, 0.29) is 11.1 Å². The Hall–Kier alpha value is -1.86. The van der Waals surface area contributed by atoms with E-state index in [1.54, 1.807) is 15.9 Å². The van der Waals surface area contributed by atoms with Crippen LogP contribution in [0.3, 0.4) is 0 Å². The first kappa shape index (κ1) is 11.2. The van der Waals surface area contributed by atoms with Crippen LogP contribution in [0, 0.1) is 18.3 Å². The highest BCUT2D eigenvalue weighted by Crippen LogP contribution is 2.36. The Labute approximate surface area is 109 Å². The molecule has 1 aliphatic rings. The van der Waals surface area contributed by atoms with Gasteiger partial charge in [-0.05, 0) is 36.8 Å². The zero-order valence-corrected chi connectivity index (χ0v) is 10.8. The van der Waals surface area contributed by atoms with Crippen molar-refractivity contribution in [3.63, 3.8) is 0 Å². The summed E-state index contributed by atoms with van der Waals surface area (Å²) >= 11 is 1.56. The number of aryl methyl sites for hydroxylation is 1. The summed E-state index contributed by atoms with van der Waals surface area (Å²) in [4.78, 5) is 13.3. The van der Waals surface area contributed by atoms with Gasteiger partial charge in [-0.1, -0.05) is 6.07 Å². The van der Waals surface area contributed by atoms with Crippen molar-refractivity contribution in [1.82, 2.24) is 4.57 Å². The lowest BCUT2D eigenvalue weighted by atomic mass is 10.0. The Bertz CT molecular complexity index is 688. The van der Waals surface area contributed by atoms with Crippen molar-refractivity contribution >= 4 is 11.3 Å². The van der Waals surface area contributed by atoms with Crippen LogP contribution in [0.2, 0.25) is 0 Å². The summed E-state index contributed by atoms with van der Waals surface area (Å²) in [5.74, 6) is 0. The third kappa shape index (κ3) is 1.68. The average molecular weight is 256 g/mol. The highest BCUT2D eigenvalue weighted by molar-refractivity contribution is 7.13. The summed E-state index contributed by atoms with van der Waals surface area (Å²) in [5.41, 5.74) is 1.94. The summed E-state index contributed by atoms with van der Waals surface area (Å²) in [7, 11) is 0. The van der Waals surface area contributed by atoms with Crippen molar-refractivity contribution < 1.29 is 0 Å². The van der Waals surface area contributed by atoms with E-state index >= 15 is 0 Å². The Morgan fingerprint density at radius 1 is 1.50 bits per heavy atom. The van der Waals surface area contributed by atoms with Gasteiger partial charge >= 0.3 is 0 Å². The lowest BCUT2D eigenvalue weighted by Gasteiger charge is -2.11. The second kappa shape index (κ2) is 4.11. The molecule has 2 aromatic heterocycles. The van der Waals surface area contributed by atoms with E-state index in [1.165, 1.54) is 0 Å². The molecule has 0 spiro atoms. The first-order valence-corrected chi connectivity index (χ1v) is 6.80. The van der Waals surface area contributed by atoms with Crippen LogP contribution >= 0.6 is 11.3 Å². The highest BCUT2D eigenvalue weighted by atomic mass is 32.1. The van der Waals surface area contributed by atoms with Gasteiger partial charge in [-0.3, -0.25) is 4.79 Å². The van der Waals surface area contributed by atoms with Crippen molar-refractivity contribution in [3.05, 3.63) is 45.2 Å². The molecule has 1 saturated carbocycles. The van der Waals surface area contributed by atoms with Gasteiger partial charge in [-0.15, -0.1) is 11.3 Å². The van der Waals surface area contributed by atoms with Crippen molar-refractivity contribution in [3.8, 4) is 16.5 Å². The molecule has 1 fully saturated rings. The van der Waals surface area contributed by atoms with Crippen molar-refractivity contribution in [2.24, 2.45) is 0 Å². The van der Waals surface area contributed by atoms with Crippen LogP contribution in [0.5, 0.6) is 0 Å². The van der Waals surface area contributed by atoms with Crippen LogP contribution in [0.25, 0.3) is 10.4 Å². The van der Waals surface area contributed by atoms with Gasteiger partial charge in [0.1, 0.15) is 11.6 Å². The van der Waals surface area contributed by atoms with E-state index < -0.39 is 0 Å². The minimum absolute atomic E-state index is 0.144.